The Morgan fingerprint density at radius 3 is 2.58 bits per heavy atom. The molecule has 0 unspecified atom stereocenters. The highest BCUT2D eigenvalue weighted by molar-refractivity contribution is 6.01. The number of ether oxygens (including phenoxy) is 2. The van der Waals surface area contributed by atoms with Gasteiger partial charge in [-0.2, -0.15) is 13.2 Å². The Bertz CT molecular complexity index is 1610. The maximum absolute atomic E-state index is 14.6. The van der Waals surface area contributed by atoms with Crippen LogP contribution in [0.3, 0.4) is 0 Å². The molecule has 2 aromatic heterocycles. The van der Waals surface area contributed by atoms with Gasteiger partial charge in [-0.05, 0) is 61.9 Å². The molecule has 0 bridgehead atoms. The number of carbonyl (C=O) groups is 1. The van der Waals surface area contributed by atoms with Crippen LogP contribution < -0.4 is 15.2 Å². The molecule has 1 aliphatic rings. The zero-order chi connectivity index (χ0) is 28.9. The third kappa shape index (κ3) is 4.75. The fraction of sp³-hybridized carbons (Fsp3) is 0.276. The Morgan fingerprint density at radius 1 is 1.18 bits per heavy atom. The maximum atomic E-state index is 14.6. The summed E-state index contributed by atoms with van der Waals surface area (Å²) in [6.45, 7) is 1.54. The summed E-state index contributed by atoms with van der Waals surface area (Å²) in [5, 5.41) is 11.8. The van der Waals surface area contributed by atoms with E-state index in [9.17, 15) is 27.5 Å². The number of Topliss-reactive ketones (excluding diaryl/α,β-unsaturated/α-hetero) is 1. The van der Waals surface area contributed by atoms with E-state index in [1.54, 1.807) is 25.3 Å². The summed E-state index contributed by atoms with van der Waals surface area (Å²) < 4.78 is 68.2. The number of ketones is 1. The van der Waals surface area contributed by atoms with Crippen LogP contribution >= 0.6 is 0 Å². The first-order valence-electron chi connectivity index (χ1n) is 12.3. The van der Waals surface area contributed by atoms with E-state index in [1.807, 2.05) is 0 Å². The topological polar surface area (TPSA) is 108 Å². The van der Waals surface area contributed by atoms with Crippen molar-refractivity contribution < 1.29 is 36.9 Å². The number of fused-ring (bicyclic) bond motifs is 2. The number of carbonyl (C=O) groups excluding carboxylic acids is 1. The van der Waals surface area contributed by atoms with Gasteiger partial charge in [-0.3, -0.25) is 9.78 Å². The van der Waals surface area contributed by atoms with Crippen LogP contribution in [0.25, 0.3) is 22.2 Å². The van der Waals surface area contributed by atoms with Crippen molar-refractivity contribution in [3.63, 3.8) is 0 Å². The average molecular weight is 556 g/mol. The lowest BCUT2D eigenvalue weighted by molar-refractivity contribution is -0.270. The largest absolute Gasteiger partial charge is 0.494 e. The molecule has 0 aliphatic carbocycles. The minimum atomic E-state index is -5.20. The molecule has 3 heterocycles. The summed E-state index contributed by atoms with van der Waals surface area (Å²) in [6, 6.07) is 12.3. The van der Waals surface area contributed by atoms with E-state index in [4.69, 9.17) is 15.2 Å². The predicted octanol–water partition coefficient (Wildman–Crippen LogP) is 5.42. The van der Waals surface area contributed by atoms with Gasteiger partial charge in [0.1, 0.15) is 29.4 Å². The molecule has 1 aliphatic heterocycles. The van der Waals surface area contributed by atoms with E-state index in [1.165, 1.54) is 31.4 Å². The number of halogens is 4. The molecule has 0 amide bonds. The number of methoxy groups -OCH3 is 1. The molecule has 11 heteroatoms. The third-order valence-electron chi connectivity index (χ3n) is 7.04. The molecule has 40 heavy (non-hydrogen) atoms. The predicted molar refractivity (Wildman–Crippen MR) is 138 cm³/mol. The Kier molecular flexibility index (Phi) is 6.75. The lowest BCUT2D eigenvalue weighted by atomic mass is 9.86. The highest BCUT2D eigenvalue weighted by Gasteiger charge is 2.56. The van der Waals surface area contributed by atoms with Gasteiger partial charge in [0.2, 0.25) is 5.60 Å². The van der Waals surface area contributed by atoms with E-state index in [0.717, 1.165) is 18.2 Å². The van der Waals surface area contributed by atoms with Crippen LogP contribution in [0, 0.1) is 5.82 Å². The van der Waals surface area contributed by atoms with E-state index in [0.29, 0.717) is 16.7 Å². The zero-order valence-electron chi connectivity index (χ0n) is 21.6. The van der Waals surface area contributed by atoms with Crippen molar-refractivity contribution >= 4 is 16.7 Å². The maximum Gasteiger partial charge on any atom is 0.422 e. The monoisotopic (exact) mass is 555 g/mol. The van der Waals surface area contributed by atoms with Gasteiger partial charge in [-0.25, -0.2) is 9.37 Å². The van der Waals surface area contributed by atoms with Gasteiger partial charge in [-0.15, -0.1) is 0 Å². The number of hydrogen-bond donors (Lipinski definition) is 2. The number of nitrogens with zero attached hydrogens (tertiary/aromatic N) is 2. The molecule has 7 nitrogen and oxygen atoms in total. The van der Waals surface area contributed by atoms with Crippen LogP contribution in [-0.4, -0.2) is 40.8 Å². The average Bonchev–Trinajstić information content (AvgIpc) is 3.24. The molecule has 0 fully saturated rings. The Labute approximate surface area is 226 Å². The first-order chi connectivity index (χ1) is 18.8. The molecule has 0 saturated carbocycles. The van der Waals surface area contributed by atoms with Crippen LogP contribution in [0.15, 0.2) is 60.8 Å². The number of pyridine rings is 2. The van der Waals surface area contributed by atoms with Gasteiger partial charge in [0, 0.05) is 34.7 Å². The third-order valence-corrected chi connectivity index (χ3v) is 7.04. The molecule has 208 valence electrons. The summed E-state index contributed by atoms with van der Waals surface area (Å²) in [5.74, 6) is -0.747. The van der Waals surface area contributed by atoms with Crippen LogP contribution in [0.5, 0.6) is 11.5 Å². The minimum Gasteiger partial charge on any atom is -0.494 e. The van der Waals surface area contributed by atoms with Crippen LogP contribution in [0.4, 0.5) is 17.6 Å². The van der Waals surface area contributed by atoms with Crippen LogP contribution in [0.1, 0.15) is 41.4 Å². The highest BCUT2D eigenvalue weighted by Crippen LogP contribution is 2.48. The fourth-order valence-electron chi connectivity index (χ4n) is 4.75. The van der Waals surface area contributed by atoms with Crippen molar-refractivity contribution in [2.45, 2.75) is 37.1 Å². The van der Waals surface area contributed by atoms with Crippen molar-refractivity contribution in [1.82, 2.24) is 9.97 Å². The summed E-state index contributed by atoms with van der Waals surface area (Å²) in [6.07, 6.45) is -5.33. The van der Waals surface area contributed by atoms with Crippen molar-refractivity contribution in [3.8, 4) is 22.8 Å². The molecule has 4 aromatic rings. The number of aliphatic hydroxyl groups is 1. The number of alkyl halides is 3. The Hall–Kier alpha value is -4.09. The standard InChI is InChI=1S/C29H25F4N3O4/c1-27(34)15-40-26-20(27)14-23(36-25(26)16-5-7-19(30)8-6-16)28(38,29(31,32)33)10-9-21(37)18-12-17-4-3-11-35-24(17)22(13-18)39-2/h3-8,11-14,38H,9-10,15,34H2,1-2H3/t27-,28-/m0/s1. The van der Waals surface area contributed by atoms with Gasteiger partial charge >= 0.3 is 6.18 Å². The number of hydrogen-bond acceptors (Lipinski definition) is 7. The molecule has 0 spiro atoms. The molecule has 2 aromatic carbocycles. The second-order valence-corrected chi connectivity index (χ2v) is 9.98. The molecule has 0 saturated heterocycles. The Balaban J connectivity index is 1.56. The van der Waals surface area contributed by atoms with Crippen molar-refractivity contribution in [1.29, 1.82) is 0 Å². The normalized spacial score (nSPS) is 18.2. The van der Waals surface area contributed by atoms with Crippen LogP contribution in [-0.2, 0) is 11.1 Å². The summed E-state index contributed by atoms with van der Waals surface area (Å²) in [7, 11) is 1.40. The van der Waals surface area contributed by atoms with Gasteiger partial charge in [0.25, 0.3) is 0 Å². The second-order valence-electron chi connectivity index (χ2n) is 9.98. The van der Waals surface area contributed by atoms with E-state index >= 15 is 0 Å². The van der Waals surface area contributed by atoms with Gasteiger partial charge < -0.3 is 20.3 Å². The van der Waals surface area contributed by atoms with Crippen molar-refractivity contribution in [2.75, 3.05) is 13.7 Å². The van der Waals surface area contributed by atoms with Gasteiger partial charge in [0.05, 0.1) is 18.3 Å². The molecular weight excluding hydrogens is 530 g/mol. The summed E-state index contributed by atoms with van der Waals surface area (Å²) in [4.78, 5) is 21.5. The zero-order valence-corrected chi connectivity index (χ0v) is 21.6. The lowest BCUT2D eigenvalue weighted by Crippen LogP contribution is -2.44. The Morgan fingerprint density at radius 2 is 1.90 bits per heavy atom. The van der Waals surface area contributed by atoms with E-state index in [-0.39, 0.29) is 34.7 Å². The molecule has 3 N–H and O–H groups in total. The number of aromatic nitrogens is 2. The smallest absolute Gasteiger partial charge is 0.422 e. The fourth-order valence-corrected chi connectivity index (χ4v) is 4.75. The SMILES string of the molecule is COc1cc(C(=O)CC[C@](O)(c2cc3c(c(-c4ccc(F)cc4)n2)OC[C@]3(C)N)C(F)(F)F)cc2cccnc12. The van der Waals surface area contributed by atoms with E-state index < -0.39 is 47.5 Å². The second kappa shape index (κ2) is 9.83. The van der Waals surface area contributed by atoms with E-state index in [2.05, 4.69) is 9.97 Å². The quantitative estimate of drug-likeness (QED) is 0.232. The first kappa shape index (κ1) is 27.5. The molecule has 0 radical (unpaired) electrons. The summed E-state index contributed by atoms with van der Waals surface area (Å²) >= 11 is 0. The van der Waals surface area contributed by atoms with Gasteiger partial charge in [-0.1, -0.05) is 6.07 Å². The number of benzene rings is 2. The number of nitrogens with two attached hydrogens (primary N) is 1. The van der Waals surface area contributed by atoms with Gasteiger partial charge in [0.15, 0.2) is 11.5 Å². The van der Waals surface area contributed by atoms with Crippen LogP contribution in [0.2, 0.25) is 0 Å². The molecule has 2 atom stereocenters. The lowest BCUT2D eigenvalue weighted by Gasteiger charge is -2.31. The minimum absolute atomic E-state index is 0.0255. The van der Waals surface area contributed by atoms with Crippen molar-refractivity contribution in [2.24, 2.45) is 5.73 Å². The molecule has 5 rings (SSSR count). The highest BCUT2D eigenvalue weighted by atomic mass is 19.4. The summed E-state index contributed by atoms with van der Waals surface area (Å²) in [5.41, 5.74) is 1.94. The first-order valence-corrected chi connectivity index (χ1v) is 12.3. The van der Waals surface area contributed by atoms with Crippen molar-refractivity contribution in [3.05, 3.63) is 83.4 Å². The number of rotatable bonds is 7. The molecular formula is C29H25F4N3O4.